The molecule has 2 N–H and O–H groups in total. The van der Waals surface area contributed by atoms with E-state index in [1.165, 1.54) is 11.3 Å². The highest BCUT2D eigenvalue weighted by Crippen LogP contribution is 2.25. The van der Waals surface area contributed by atoms with Crippen LogP contribution in [-0.4, -0.2) is 69.4 Å². The summed E-state index contributed by atoms with van der Waals surface area (Å²) < 4.78 is 5.70. The largest absolute Gasteiger partial charge is 0.381 e. The van der Waals surface area contributed by atoms with Crippen LogP contribution in [0, 0.1) is 0 Å². The molecule has 172 valence electrons. The van der Waals surface area contributed by atoms with E-state index in [4.69, 9.17) is 4.74 Å². The Labute approximate surface area is 192 Å². The first kappa shape index (κ1) is 22.6. The second-order valence-corrected chi connectivity index (χ2v) is 8.88. The third kappa shape index (κ3) is 5.61. The van der Waals surface area contributed by atoms with Crippen LogP contribution in [0.3, 0.4) is 0 Å². The Morgan fingerprint density at radius 3 is 2.22 bits per heavy atom. The molecule has 2 saturated heterocycles. The Morgan fingerprint density at radius 1 is 0.969 bits per heavy atom. The van der Waals surface area contributed by atoms with E-state index in [0.717, 1.165) is 64.7 Å². The molecule has 0 saturated carbocycles. The number of anilines is 1. The zero-order valence-electron chi connectivity index (χ0n) is 19.5. The molecule has 0 bridgehead atoms. The Morgan fingerprint density at radius 2 is 1.59 bits per heavy atom. The van der Waals surface area contributed by atoms with Gasteiger partial charge in [0.25, 0.3) is 0 Å². The summed E-state index contributed by atoms with van der Waals surface area (Å²) in [6.07, 6.45) is 1.99. The molecule has 1 unspecified atom stereocenters. The van der Waals surface area contributed by atoms with Gasteiger partial charge < -0.3 is 25.2 Å². The number of guanidine groups is 1. The minimum absolute atomic E-state index is 0.00465. The Hall–Kier alpha value is -2.57. The lowest BCUT2D eigenvalue weighted by molar-refractivity contribution is 0.0352. The number of nitrogens with zero attached hydrogens (tertiary/aromatic N) is 3. The number of hydrogen-bond donors (Lipinski definition) is 2. The minimum Gasteiger partial charge on any atom is -0.381 e. The lowest BCUT2D eigenvalue weighted by atomic mass is 9.88. The number of ether oxygens (including phenoxy) is 1. The maximum atomic E-state index is 5.70. The average molecular weight is 436 g/mol. The topological polar surface area (TPSA) is 52.1 Å². The molecule has 0 radical (unpaired) electrons. The summed E-state index contributed by atoms with van der Waals surface area (Å²) in [4.78, 5) is 9.45. The molecule has 2 aliphatic heterocycles. The van der Waals surface area contributed by atoms with Crippen molar-refractivity contribution in [1.82, 2.24) is 15.5 Å². The maximum absolute atomic E-state index is 5.70. The van der Waals surface area contributed by atoms with E-state index in [9.17, 15) is 0 Å². The first-order valence-electron chi connectivity index (χ1n) is 11.9. The number of rotatable bonds is 6. The molecule has 2 fully saturated rings. The normalized spacial score (nSPS) is 20.1. The summed E-state index contributed by atoms with van der Waals surface area (Å²) in [5.74, 6) is 0.998. The highest BCUT2D eigenvalue weighted by atomic mass is 16.5. The van der Waals surface area contributed by atoms with E-state index in [-0.39, 0.29) is 11.6 Å². The number of benzene rings is 2. The standard InChI is InChI=1S/C26H37N5O/c1-22(23-9-5-3-6-10-23)29-26(13-19-32-20-14-26)21-28-25(27-2)31-17-15-30(16-18-31)24-11-7-4-8-12-24/h3-12,22,29H,13-21H2,1-2H3,(H,27,28). The van der Waals surface area contributed by atoms with Crippen LogP contribution < -0.4 is 15.5 Å². The molecule has 2 aromatic carbocycles. The monoisotopic (exact) mass is 435 g/mol. The number of hydrogen-bond acceptors (Lipinski definition) is 4. The molecular weight excluding hydrogens is 398 g/mol. The van der Waals surface area contributed by atoms with Gasteiger partial charge in [0.15, 0.2) is 5.96 Å². The van der Waals surface area contributed by atoms with Gasteiger partial charge in [0.05, 0.1) is 0 Å². The quantitative estimate of drug-likeness (QED) is 0.539. The Balaban J connectivity index is 1.35. The zero-order chi connectivity index (χ0) is 22.2. The number of piperazine rings is 1. The number of nitrogens with one attached hydrogen (secondary N) is 2. The van der Waals surface area contributed by atoms with Crippen molar-refractivity contribution >= 4 is 11.6 Å². The number of aliphatic imine (C=N–C) groups is 1. The zero-order valence-corrected chi connectivity index (χ0v) is 19.5. The summed E-state index contributed by atoms with van der Waals surface area (Å²) >= 11 is 0. The highest BCUT2D eigenvalue weighted by molar-refractivity contribution is 5.80. The molecule has 0 spiro atoms. The fraction of sp³-hybridized carbons (Fsp3) is 0.500. The van der Waals surface area contributed by atoms with Crippen molar-refractivity contribution in [2.45, 2.75) is 31.3 Å². The first-order chi connectivity index (χ1) is 15.7. The average Bonchev–Trinajstić information content (AvgIpc) is 2.86. The van der Waals surface area contributed by atoms with Crippen molar-refractivity contribution in [2.24, 2.45) is 4.99 Å². The Bertz CT molecular complexity index is 843. The molecule has 6 heteroatoms. The van der Waals surface area contributed by atoms with Gasteiger partial charge >= 0.3 is 0 Å². The van der Waals surface area contributed by atoms with Crippen LogP contribution in [0.15, 0.2) is 65.7 Å². The van der Waals surface area contributed by atoms with Gasteiger partial charge in [0.1, 0.15) is 0 Å². The molecule has 0 amide bonds. The van der Waals surface area contributed by atoms with E-state index in [1.54, 1.807) is 0 Å². The van der Waals surface area contributed by atoms with Crippen molar-refractivity contribution in [3.8, 4) is 0 Å². The highest BCUT2D eigenvalue weighted by Gasteiger charge is 2.34. The van der Waals surface area contributed by atoms with Crippen LogP contribution in [-0.2, 0) is 4.74 Å². The third-order valence-electron chi connectivity index (χ3n) is 6.77. The third-order valence-corrected chi connectivity index (χ3v) is 6.77. The lowest BCUT2D eigenvalue weighted by Crippen LogP contribution is -2.60. The molecule has 2 aliphatic rings. The van der Waals surface area contributed by atoms with Crippen LogP contribution in [0.1, 0.15) is 31.4 Å². The second-order valence-electron chi connectivity index (χ2n) is 8.88. The summed E-state index contributed by atoms with van der Waals surface area (Å²) in [5, 5.41) is 7.64. The van der Waals surface area contributed by atoms with Crippen molar-refractivity contribution < 1.29 is 4.74 Å². The van der Waals surface area contributed by atoms with Gasteiger partial charge in [-0.3, -0.25) is 4.99 Å². The van der Waals surface area contributed by atoms with Gasteiger partial charge in [-0.1, -0.05) is 48.5 Å². The van der Waals surface area contributed by atoms with Gasteiger partial charge in [0, 0.05) is 70.3 Å². The van der Waals surface area contributed by atoms with E-state index in [0.29, 0.717) is 0 Å². The molecule has 2 heterocycles. The molecule has 0 aromatic heterocycles. The molecule has 4 rings (SSSR count). The van der Waals surface area contributed by atoms with Crippen LogP contribution in [0.25, 0.3) is 0 Å². The second kappa shape index (κ2) is 10.8. The van der Waals surface area contributed by atoms with Crippen LogP contribution in [0.2, 0.25) is 0 Å². The Kier molecular flexibility index (Phi) is 7.66. The van der Waals surface area contributed by atoms with E-state index in [1.807, 2.05) is 7.05 Å². The molecule has 0 aliphatic carbocycles. The molecule has 2 aromatic rings. The van der Waals surface area contributed by atoms with Crippen molar-refractivity contribution in [1.29, 1.82) is 0 Å². The maximum Gasteiger partial charge on any atom is 0.193 e. The van der Waals surface area contributed by atoms with E-state index < -0.39 is 0 Å². The van der Waals surface area contributed by atoms with Gasteiger partial charge in [-0.2, -0.15) is 0 Å². The van der Waals surface area contributed by atoms with Gasteiger partial charge in [-0.15, -0.1) is 0 Å². The smallest absolute Gasteiger partial charge is 0.193 e. The minimum atomic E-state index is -0.00465. The fourth-order valence-electron chi connectivity index (χ4n) is 4.81. The van der Waals surface area contributed by atoms with E-state index >= 15 is 0 Å². The predicted molar refractivity (Wildman–Crippen MR) is 132 cm³/mol. The van der Waals surface area contributed by atoms with E-state index in [2.05, 4.69) is 93.0 Å². The lowest BCUT2D eigenvalue weighted by Gasteiger charge is -2.42. The molecule has 1 atom stereocenters. The molecular formula is C26H37N5O. The summed E-state index contributed by atoms with van der Waals surface area (Å²) in [6.45, 7) is 8.65. The van der Waals surface area contributed by atoms with Crippen molar-refractivity contribution in [3.63, 3.8) is 0 Å². The van der Waals surface area contributed by atoms with Gasteiger partial charge in [-0.25, -0.2) is 0 Å². The van der Waals surface area contributed by atoms with Crippen LogP contribution >= 0.6 is 0 Å². The number of para-hydroxylation sites is 1. The SMILES string of the molecule is CN=C(NCC1(NC(C)c2ccccc2)CCOCC1)N1CCN(c2ccccc2)CC1. The fourth-order valence-corrected chi connectivity index (χ4v) is 4.81. The molecule has 6 nitrogen and oxygen atoms in total. The van der Waals surface area contributed by atoms with Crippen LogP contribution in [0.5, 0.6) is 0 Å². The van der Waals surface area contributed by atoms with Crippen molar-refractivity contribution in [2.75, 3.05) is 57.9 Å². The van der Waals surface area contributed by atoms with Crippen molar-refractivity contribution in [3.05, 3.63) is 66.2 Å². The predicted octanol–water partition coefficient (Wildman–Crippen LogP) is 3.28. The van der Waals surface area contributed by atoms with Gasteiger partial charge in [-0.05, 0) is 37.5 Å². The first-order valence-corrected chi connectivity index (χ1v) is 11.9. The summed E-state index contributed by atoms with van der Waals surface area (Å²) in [7, 11) is 1.89. The van der Waals surface area contributed by atoms with Gasteiger partial charge in [0.2, 0.25) is 0 Å². The summed E-state index contributed by atoms with van der Waals surface area (Å²) in [6, 6.07) is 21.7. The molecule has 32 heavy (non-hydrogen) atoms. The van der Waals surface area contributed by atoms with Crippen LogP contribution in [0.4, 0.5) is 5.69 Å². The summed E-state index contributed by atoms with van der Waals surface area (Å²) in [5.41, 5.74) is 2.62.